The minimum Gasteiger partial charge on any atom is -1.00 e. The van der Waals surface area contributed by atoms with Crippen LogP contribution in [-0.4, -0.2) is 42.6 Å². The van der Waals surface area contributed by atoms with Crippen LogP contribution in [0.25, 0.3) is 0 Å². The Kier molecular flexibility index (Phi) is 9.51. The molecule has 0 spiro atoms. The summed E-state index contributed by atoms with van der Waals surface area (Å²) >= 11 is 0. The summed E-state index contributed by atoms with van der Waals surface area (Å²) in [7, 11) is 0. The van der Waals surface area contributed by atoms with Crippen LogP contribution in [0.5, 0.6) is 11.5 Å². The van der Waals surface area contributed by atoms with Crippen LogP contribution >= 0.6 is 0 Å². The molecule has 2 aromatic carbocycles. The molecule has 5 rings (SSSR count). The topological polar surface area (TPSA) is 38.3 Å². The van der Waals surface area contributed by atoms with E-state index in [9.17, 15) is 4.79 Å². The Morgan fingerprint density at radius 3 is 2.19 bits per heavy atom. The standard InChI is InChI=1S/C31H40N2O2.HI/c1-2-33(23-24-13-7-5-3-4-6-8-14-24)21-19-25(20-22-33)32-31(34)30-26-15-9-11-17-28(26)35-29-18-12-10-16-27(29)30;/h9-13,15-18,25,30H,2-8,14,19-23H2,1H3;1H/b24-13-;. The van der Waals surface area contributed by atoms with E-state index in [-0.39, 0.29) is 41.8 Å². The number of fused-ring (bicyclic) bond motifs is 2. The Morgan fingerprint density at radius 2 is 1.53 bits per heavy atom. The number of quaternary nitrogens is 1. The third-order valence-corrected chi connectivity index (χ3v) is 8.54. The van der Waals surface area contributed by atoms with Crippen LogP contribution in [0.2, 0.25) is 0 Å². The summed E-state index contributed by atoms with van der Waals surface area (Å²) in [6, 6.07) is 16.2. The molecular formula is C31H41IN2O2. The third-order valence-electron chi connectivity index (χ3n) is 8.54. The smallest absolute Gasteiger partial charge is 0.232 e. The number of rotatable bonds is 5. The maximum atomic E-state index is 13.7. The van der Waals surface area contributed by atoms with Crippen molar-refractivity contribution in [1.82, 2.24) is 5.32 Å². The third kappa shape index (κ3) is 6.16. The molecular weight excluding hydrogens is 559 g/mol. The lowest BCUT2D eigenvalue weighted by Gasteiger charge is -2.44. The summed E-state index contributed by atoms with van der Waals surface area (Å²) in [5.41, 5.74) is 3.61. The van der Waals surface area contributed by atoms with Gasteiger partial charge in [0.15, 0.2) is 0 Å². The molecule has 1 N–H and O–H groups in total. The van der Waals surface area contributed by atoms with Crippen LogP contribution in [-0.2, 0) is 4.79 Å². The lowest BCUT2D eigenvalue weighted by Crippen LogP contribution is -3.00. The summed E-state index contributed by atoms with van der Waals surface area (Å²) in [5, 5.41) is 3.44. The van der Waals surface area contributed by atoms with Crippen LogP contribution in [0, 0.1) is 0 Å². The SMILES string of the molecule is CC[N+]1(C/C2=C\CCCCCCC2)CCC(NC(=O)C2c3ccccc3Oc3ccccc32)CC1.[I-]. The molecule has 0 bridgehead atoms. The van der Waals surface area contributed by atoms with Crippen molar-refractivity contribution < 1.29 is 38.0 Å². The van der Waals surface area contributed by atoms with Gasteiger partial charge < -0.3 is 38.5 Å². The number of likely N-dealkylation sites (N-methyl/N-ethyl adjacent to an activating group) is 1. The van der Waals surface area contributed by atoms with Crippen LogP contribution in [0.3, 0.4) is 0 Å². The van der Waals surface area contributed by atoms with Gasteiger partial charge >= 0.3 is 0 Å². The number of amides is 1. The Bertz CT molecular complexity index is 1010. The fourth-order valence-electron chi connectivity index (χ4n) is 6.33. The van der Waals surface area contributed by atoms with Crippen molar-refractivity contribution in [3.05, 3.63) is 71.3 Å². The van der Waals surface area contributed by atoms with Gasteiger partial charge in [0, 0.05) is 30.0 Å². The van der Waals surface area contributed by atoms with E-state index in [1.807, 2.05) is 48.5 Å². The number of carbonyl (C=O) groups excluding carboxylic acids is 1. The number of carbonyl (C=O) groups is 1. The van der Waals surface area contributed by atoms with Gasteiger partial charge in [0.05, 0.1) is 25.6 Å². The lowest BCUT2D eigenvalue weighted by molar-refractivity contribution is -0.927. The molecule has 2 heterocycles. The normalized spacial score (nSPS) is 25.8. The summed E-state index contributed by atoms with van der Waals surface area (Å²) in [6.07, 6.45) is 14.1. The molecule has 1 fully saturated rings. The first-order valence-electron chi connectivity index (χ1n) is 13.9. The lowest BCUT2D eigenvalue weighted by atomic mass is 9.86. The predicted molar refractivity (Wildman–Crippen MR) is 142 cm³/mol. The molecule has 1 aliphatic carbocycles. The Hall–Kier alpha value is -1.86. The first-order valence-corrected chi connectivity index (χ1v) is 13.9. The molecule has 1 saturated heterocycles. The highest BCUT2D eigenvalue weighted by Crippen LogP contribution is 2.44. The van der Waals surface area contributed by atoms with E-state index in [1.54, 1.807) is 5.57 Å². The minimum atomic E-state index is -0.312. The quantitative estimate of drug-likeness (QED) is 0.323. The molecule has 2 aliphatic heterocycles. The number of piperidine rings is 1. The van der Waals surface area contributed by atoms with Crippen molar-refractivity contribution in [2.24, 2.45) is 0 Å². The zero-order valence-corrected chi connectivity index (χ0v) is 23.8. The van der Waals surface area contributed by atoms with Crippen molar-refractivity contribution in [1.29, 1.82) is 0 Å². The number of allylic oxidation sites excluding steroid dienone is 1. The molecule has 0 radical (unpaired) electrons. The molecule has 0 unspecified atom stereocenters. The molecule has 5 heteroatoms. The fraction of sp³-hybridized carbons (Fsp3) is 0.516. The van der Waals surface area contributed by atoms with E-state index in [0.717, 1.165) is 48.6 Å². The van der Waals surface area contributed by atoms with E-state index in [2.05, 4.69) is 18.3 Å². The summed E-state index contributed by atoms with van der Waals surface area (Å²) in [5.74, 6) is 1.38. The van der Waals surface area contributed by atoms with Crippen LogP contribution < -0.4 is 34.0 Å². The van der Waals surface area contributed by atoms with Crippen LogP contribution in [0.4, 0.5) is 0 Å². The van der Waals surface area contributed by atoms with Gasteiger partial charge in [-0.2, -0.15) is 0 Å². The fourth-order valence-corrected chi connectivity index (χ4v) is 6.33. The van der Waals surface area contributed by atoms with E-state index in [1.165, 1.54) is 62.5 Å². The first-order chi connectivity index (χ1) is 17.2. The number of halogens is 1. The summed E-state index contributed by atoms with van der Waals surface area (Å²) in [6.45, 7) is 7.04. The van der Waals surface area contributed by atoms with Gasteiger partial charge in [-0.1, -0.05) is 61.7 Å². The number of likely N-dealkylation sites (tertiary alicyclic amines) is 1. The second kappa shape index (κ2) is 12.6. The Morgan fingerprint density at radius 1 is 0.917 bits per heavy atom. The average molecular weight is 601 g/mol. The highest BCUT2D eigenvalue weighted by molar-refractivity contribution is 5.89. The highest BCUT2D eigenvalue weighted by atomic mass is 127. The number of nitrogens with zero attached hydrogens (tertiary/aromatic N) is 1. The second-order valence-electron chi connectivity index (χ2n) is 10.8. The number of para-hydroxylation sites is 2. The average Bonchev–Trinajstić information content (AvgIpc) is 3.02. The van der Waals surface area contributed by atoms with E-state index in [0.29, 0.717) is 0 Å². The largest absolute Gasteiger partial charge is 1.00 e. The number of benzene rings is 2. The van der Waals surface area contributed by atoms with Crippen LogP contribution in [0.1, 0.15) is 81.8 Å². The highest BCUT2D eigenvalue weighted by Gasteiger charge is 2.37. The Balaban J connectivity index is 0.00000304. The van der Waals surface area contributed by atoms with Crippen LogP contribution in [0.15, 0.2) is 60.2 Å². The molecule has 0 atom stereocenters. The van der Waals surface area contributed by atoms with Crippen molar-refractivity contribution >= 4 is 5.91 Å². The van der Waals surface area contributed by atoms with Crippen molar-refractivity contribution in [2.75, 3.05) is 26.2 Å². The maximum Gasteiger partial charge on any atom is 0.232 e. The summed E-state index contributed by atoms with van der Waals surface area (Å²) < 4.78 is 7.28. The first kappa shape index (κ1) is 27.2. The predicted octanol–water partition coefficient (Wildman–Crippen LogP) is 3.71. The molecule has 2 aromatic rings. The zero-order chi connectivity index (χ0) is 24.1. The van der Waals surface area contributed by atoms with Gasteiger partial charge in [0.25, 0.3) is 0 Å². The number of hydrogen-bond donors (Lipinski definition) is 1. The molecule has 3 aliphatic rings. The van der Waals surface area contributed by atoms with Gasteiger partial charge in [-0.25, -0.2) is 0 Å². The monoisotopic (exact) mass is 600 g/mol. The number of nitrogens with one attached hydrogen (secondary N) is 1. The zero-order valence-electron chi connectivity index (χ0n) is 21.7. The van der Waals surface area contributed by atoms with Crippen molar-refractivity contribution in [3.63, 3.8) is 0 Å². The second-order valence-corrected chi connectivity index (χ2v) is 10.8. The van der Waals surface area contributed by atoms with Gasteiger partial charge in [0.1, 0.15) is 18.0 Å². The maximum absolute atomic E-state index is 13.7. The molecule has 4 nitrogen and oxygen atoms in total. The Labute approximate surface area is 234 Å². The molecule has 0 saturated carbocycles. The molecule has 36 heavy (non-hydrogen) atoms. The van der Waals surface area contributed by atoms with E-state index in [4.69, 9.17) is 4.74 Å². The van der Waals surface area contributed by atoms with Gasteiger partial charge in [-0.15, -0.1) is 0 Å². The van der Waals surface area contributed by atoms with E-state index >= 15 is 0 Å². The molecule has 194 valence electrons. The van der Waals surface area contributed by atoms with Gasteiger partial charge in [0.2, 0.25) is 5.91 Å². The van der Waals surface area contributed by atoms with E-state index < -0.39 is 0 Å². The molecule has 1 amide bonds. The van der Waals surface area contributed by atoms with Crippen molar-refractivity contribution in [2.45, 2.75) is 76.7 Å². The van der Waals surface area contributed by atoms with Gasteiger partial charge in [-0.05, 0) is 50.3 Å². The number of ether oxygens (including phenoxy) is 1. The van der Waals surface area contributed by atoms with Gasteiger partial charge in [-0.3, -0.25) is 4.79 Å². The molecule has 0 aromatic heterocycles. The number of hydrogen-bond acceptors (Lipinski definition) is 2. The summed E-state index contributed by atoms with van der Waals surface area (Å²) in [4.78, 5) is 13.7. The van der Waals surface area contributed by atoms with Crippen molar-refractivity contribution in [3.8, 4) is 11.5 Å². The minimum absolute atomic E-state index is 0.